The monoisotopic (exact) mass is 454 g/mol. The fourth-order valence-corrected chi connectivity index (χ4v) is 4.97. The second kappa shape index (κ2) is 10.1. The molecule has 0 bridgehead atoms. The Morgan fingerprint density at radius 1 is 1.12 bits per heavy atom. The molecule has 2 aromatic heterocycles. The van der Waals surface area contributed by atoms with Gasteiger partial charge in [-0.05, 0) is 48.1 Å². The molecule has 1 saturated carbocycles. The first-order valence-corrected chi connectivity index (χ1v) is 12.0. The third-order valence-electron chi connectivity index (χ3n) is 5.40. The van der Waals surface area contributed by atoms with Crippen LogP contribution in [0.25, 0.3) is 11.1 Å². The van der Waals surface area contributed by atoms with E-state index in [0.717, 1.165) is 10.4 Å². The summed E-state index contributed by atoms with van der Waals surface area (Å²) in [6, 6.07) is 8.80. The van der Waals surface area contributed by atoms with Crippen LogP contribution < -0.4 is 11.5 Å². The zero-order valence-corrected chi connectivity index (χ0v) is 19.9. The summed E-state index contributed by atoms with van der Waals surface area (Å²) in [5.41, 5.74) is 14.9. The van der Waals surface area contributed by atoms with Crippen molar-refractivity contribution in [3.63, 3.8) is 0 Å². The van der Waals surface area contributed by atoms with E-state index in [9.17, 15) is 9.18 Å². The van der Waals surface area contributed by atoms with Crippen LogP contribution >= 0.6 is 11.3 Å². The summed E-state index contributed by atoms with van der Waals surface area (Å²) < 4.78 is 14.8. The van der Waals surface area contributed by atoms with Crippen LogP contribution in [-0.2, 0) is 13.1 Å². The fraction of sp³-hybridized carbons (Fsp3) is 0.360. The number of hydrogen-bond donors (Lipinski definition) is 2. The Bertz CT molecular complexity index is 1110. The second-order valence-electron chi connectivity index (χ2n) is 7.40. The maximum Gasteiger partial charge on any atom is 0.264 e. The molecule has 3 heterocycles. The Labute approximate surface area is 193 Å². The number of nitrogens with two attached hydrogens (primary N) is 2. The lowest BCUT2D eigenvalue weighted by atomic mass is 10.0. The predicted octanol–water partition coefficient (Wildman–Crippen LogP) is 6.20. The van der Waals surface area contributed by atoms with Crippen molar-refractivity contribution < 1.29 is 9.18 Å². The molecule has 0 saturated heterocycles. The van der Waals surface area contributed by atoms with Gasteiger partial charge in [-0.15, -0.1) is 11.3 Å². The lowest BCUT2D eigenvalue weighted by Crippen LogP contribution is -2.23. The molecular weight excluding hydrogens is 423 g/mol. The zero-order valence-electron chi connectivity index (χ0n) is 19.1. The van der Waals surface area contributed by atoms with Gasteiger partial charge in [0.1, 0.15) is 11.6 Å². The number of anilines is 2. The lowest BCUT2D eigenvalue weighted by molar-refractivity contribution is 0.0768. The van der Waals surface area contributed by atoms with Gasteiger partial charge in [-0.25, -0.2) is 9.37 Å². The average Bonchev–Trinajstić information content (AvgIpc) is 3.52. The van der Waals surface area contributed by atoms with Crippen molar-refractivity contribution >= 4 is 28.7 Å². The first-order valence-electron chi connectivity index (χ1n) is 11.2. The number of amides is 1. The molecule has 1 aliphatic carbocycles. The maximum absolute atomic E-state index is 14.8. The van der Waals surface area contributed by atoms with Crippen LogP contribution in [0, 0.1) is 5.82 Å². The summed E-state index contributed by atoms with van der Waals surface area (Å²) in [6.45, 7) is 8.80. The van der Waals surface area contributed by atoms with Gasteiger partial charge < -0.3 is 16.4 Å². The number of nitrogen functional groups attached to an aromatic ring is 2. The van der Waals surface area contributed by atoms with Crippen molar-refractivity contribution in [3.05, 3.63) is 63.2 Å². The van der Waals surface area contributed by atoms with Crippen molar-refractivity contribution in [3.8, 4) is 11.1 Å². The number of pyridine rings is 1. The van der Waals surface area contributed by atoms with Crippen LogP contribution in [0.2, 0.25) is 0 Å². The highest BCUT2D eigenvalue weighted by atomic mass is 32.1. The standard InChI is InChI=1S/C21H19FN4OS.2C2H6/c22-16-7-12(15-5-6-25-20(24)18(15)23)3-4-13(16)9-26-10-14-8-17(11-1-2-11)28-19(14)21(26)27;2*1-2/h3-8,11H,1-2,9-10,23H2,(H2,24,25);2*1-2H3. The highest BCUT2D eigenvalue weighted by Crippen LogP contribution is 2.46. The smallest absolute Gasteiger partial charge is 0.264 e. The van der Waals surface area contributed by atoms with E-state index < -0.39 is 0 Å². The van der Waals surface area contributed by atoms with Crippen LogP contribution in [0.3, 0.4) is 0 Å². The van der Waals surface area contributed by atoms with Gasteiger partial charge in [0.25, 0.3) is 5.91 Å². The fourth-order valence-electron chi connectivity index (χ4n) is 3.66. The van der Waals surface area contributed by atoms with Crippen molar-refractivity contribution in [1.29, 1.82) is 0 Å². The summed E-state index contributed by atoms with van der Waals surface area (Å²) >= 11 is 1.61. The van der Waals surface area contributed by atoms with Crippen molar-refractivity contribution in [2.24, 2.45) is 0 Å². The third kappa shape index (κ3) is 4.63. The van der Waals surface area contributed by atoms with Crippen molar-refractivity contribution in [1.82, 2.24) is 9.88 Å². The molecule has 1 aliphatic heterocycles. The van der Waals surface area contributed by atoms with E-state index in [1.54, 1.807) is 40.6 Å². The van der Waals surface area contributed by atoms with Crippen LogP contribution in [-0.4, -0.2) is 15.8 Å². The number of fused-ring (bicyclic) bond motifs is 1. The minimum atomic E-state index is -0.367. The maximum atomic E-state index is 14.8. The van der Waals surface area contributed by atoms with Gasteiger partial charge in [-0.2, -0.15) is 0 Å². The number of hydrogen-bond acceptors (Lipinski definition) is 5. The van der Waals surface area contributed by atoms with E-state index >= 15 is 0 Å². The molecule has 1 aromatic carbocycles. The van der Waals surface area contributed by atoms with E-state index in [0.29, 0.717) is 34.8 Å². The van der Waals surface area contributed by atoms with Crippen LogP contribution in [0.4, 0.5) is 15.9 Å². The van der Waals surface area contributed by atoms with Crippen molar-refractivity contribution in [2.75, 3.05) is 11.5 Å². The molecule has 32 heavy (non-hydrogen) atoms. The molecule has 2 aliphatic rings. The largest absolute Gasteiger partial charge is 0.395 e. The molecule has 0 unspecified atom stereocenters. The number of aromatic nitrogens is 1. The summed E-state index contributed by atoms with van der Waals surface area (Å²) in [6.07, 6.45) is 4.00. The Hall–Kier alpha value is -2.93. The molecule has 0 spiro atoms. The summed E-state index contributed by atoms with van der Waals surface area (Å²) in [5, 5.41) is 0. The van der Waals surface area contributed by atoms with Crippen molar-refractivity contribution in [2.45, 2.75) is 59.5 Å². The number of halogens is 1. The van der Waals surface area contributed by atoms with Crippen LogP contribution in [0.15, 0.2) is 36.5 Å². The molecule has 4 N–H and O–H groups in total. The summed E-state index contributed by atoms with van der Waals surface area (Å²) in [7, 11) is 0. The summed E-state index contributed by atoms with van der Waals surface area (Å²) in [5.74, 6) is 0.508. The highest BCUT2D eigenvalue weighted by molar-refractivity contribution is 7.14. The van der Waals surface area contributed by atoms with Gasteiger partial charge in [-0.3, -0.25) is 4.79 Å². The lowest BCUT2D eigenvalue weighted by Gasteiger charge is -2.17. The van der Waals surface area contributed by atoms with Gasteiger partial charge >= 0.3 is 0 Å². The number of benzene rings is 1. The second-order valence-corrected chi connectivity index (χ2v) is 8.49. The first-order chi connectivity index (χ1) is 15.5. The Morgan fingerprint density at radius 2 is 1.84 bits per heavy atom. The molecule has 0 radical (unpaired) electrons. The van der Waals surface area contributed by atoms with E-state index in [2.05, 4.69) is 11.1 Å². The molecule has 0 atom stereocenters. The predicted molar refractivity (Wildman–Crippen MR) is 131 cm³/mol. The molecular formula is C25H31FN4OS. The Morgan fingerprint density at radius 3 is 2.47 bits per heavy atom. The Kier molecular flexibility index (Phi) is 7.51. The highest BCUT2D eigenvalue weighted by Gasteiger charge is 2.34. The van der Waals surface area contributed by atoms with Gasteiger partial charge in [0.2, 0.25) is 0 Å². The normalized spacial score (nSPS) is 14.3. The number of carbonyl (C=O) groups excluding carboxylic acids is 1. The van der Waals surface area contributed by atoms with Gasteiger partial charge in [0.05, 0.1) is 10.6 Å². The van der Waals surface area contributed by atoms with E-state index in [4.69, 9.17) is 11.5 Å². The molecule has 7 heteroatoms. The van der Waals surface area contributed by atoms with Gasteiger partial charge in [0, 0.05) is 35.3 Å². The van der Waals surface area contributed by atoms with E-state index in [-0.39, 0.29) is 24.1 Å². The number of carbonyl (C=O) groups is 1. The molecule has 5 rings (SSSR count). The van der Waals surface area contributed by atoms with Gasteiger partial charge in [0.15, 0.2) is 0 Å². The third-order valence-corrected chi connectivity index (χ3v) is 6.72. The number of rotatable bonds is 4. The molecule has 3 aromatic rings. The zero-order chi connectivity index (χ0) is 23.4. The topological polar surface area (TPSA) is 85.2 Å². The SMILES string of the molecule is CC.CC.Nc1nccc(-c2ccc(CN3Cc4cc(C5CC5)sc4C3=O)c(F)c2)c1N. The first kappa shape index (κ1) is 23.7. The van der Waals surface area contributed by atoms with Crippen LogP contribution in [0.5, 0.6) is 0 Å². The van der Waals surface area contributed by atoms with Gasteiger partial charge in [-0.1, -0.05) is 39.8 Å². The summed E-state index contributed by atoms with van der Waals surface area (Å²) in [4.78, 5) is 20.5. The Balaban J connectivity index is 0.000000686. The van der Waals surface area contributed by atoms with Crippen LogP contribution in [0.1, 0.15) is 72.1 Å². The molecule has 1 amide bonds. The average molecular weight is 455 g/mol. The van der Waals surface area contributed by atoms with E-state index in [1.165, 1.54) is 23.8 Å². The quantitative estimate of drug-likeness (QED) is 0.491. The molecule has 1 fully saturated rings. The molecule has 5 nitrogen and oxygen atoms in total. The number of thiophene rings is 1. The molecule has 170 valence electrons. The number of nitrogens with zero attached hydrogens (tertiary/aromatic N) is 2. The minimum absolute atomic E-state index is 0.00142. The van der Waals surface area contributed by atoms with E-state index in [1.807, 2.05) is 27.7 Å². The minimum Gasteiger partial charge on any atom is -0.395 e.